The van der Waals surface area contributed by atoms with Crippen LogP contribution in [0.15, 0.2) is 18.2 Å². The van der Waals surface area contributed by atoms with Gasteiger partial charge in [-0.3, -0.25) is 9.59 Å². The van der Waals surface area contributed by atoms with Crippen LogP contribution in [-0.2, 0) is 4.79 Å². The van der Waals surface area contributed by atoms with Crippen molar-refractivity contribution < 1.29 is 19.5 Å². The minimum Gasteiger partial charge on any atom is -0.465 e. The number of hydrogen-bond acceptors (Lipinski definition) is 3. The number of halogens is 1. The third-order valence-electron chi connectivity index (χ3n) is 2.26. The molecule has 7 heteroatoms. The van der Waals surface area contributed by atoms with E-state index in [2.05, 4.69) is 5.32 Å². The summed E-state index contributed by atoms with van der Waals surface area (Å²) in [6, 6.07) is 4.28. The Labute approximate surface area is 101 Å². The summed E-state index contributed by atoms with van der Waals surface area (Å²) in [5.41, 5.74) is 0.318. The molecule has 1 aromatic carbocycles. The van der Waals surface area contributed by atoms with Crippen molar-refractivity contribution >= 4 is 35.2 Å². The fourth-order valence-electron chi connectivity index (χ4n) is 1.51. The van der Waals surface area contributed by atoms with Crippen LogP contribution < -0.4 is 5.32 Å². The molecule has 0 radical (unpaired) electrons. The molecule has 0 unspecified atom stereocenters. The van der Waals surface area contributed by atoms with Gasteiger partial charge in [0.25, 0.3) is 5.91 Å². The SMILES string of the molecule is O=C1CN(C(=O)O)C(=O)c2cc(Cl)ccc2N1. The number of carbonyl (C=O) groups excluding carboxylic acids is 2. The van der Waals surface area contributed by atoms with Crippen LogP contribution in [0.3, 0.4) is 0 Å². The van der Waals surface area contributed by atoms with Gasteiger partial charge in [0, 0.05) is 5.02 Å². The lowest BCUT2D eigenvalue weighted by Gasteiger charge is -2.12. The summed E-state index contributed by atoms with van der Waals surface area (Å²) in [4.78, 5) is 34.6. The lowest BCUT2D eigenvalue weighted by molar-refractivity contribution is -0.116. The normalized spacial score (nSPS) is 15.0. The van der Waals surface area contributed by atoms with Crippen LogP contribution in [0.5, 0.6) is 0 Å². The van der Waals surface area contributed by atoms with E-state index in [-0.39, 0.29) is 11.3 Å². The Bertz CT molecular complexity index is 529. The highest BCUT2D eigenvalue weighted by molar-refractivity contribution is 6.31. The maximum absolute atomic E-state index is 11.9. The smallest absolute Gasteiger partial charge is 0.414 e. The fraction of sp³-hybridized carbons (Fsp3) is 0.100. The van der Waals surface area contributed by atoms with Gasteiger partial charge in [-0.1, -0.05) is 11.6 Å². The van der Waals surface area contributed by atoms with Crippen LogP contribution in [0.1, 0.15) is 10.4 Å². The first-order chi connectivity index (χ1) is 7.99. The summed E-state index contributed by atoms with van der Waals surface area (Å²) in [6.45, 7) is -0.527. The predicted octanol–water partition coefficient (Wildman–Crippen LogP) is 1.41. The number of imide groups is 1. The second-order valence-electron chi connectivity index (χ2n) is 3.41. The van der Waals surface area contributed by atoms with E-state index in [1.54, 1.807) is 0 Å². The highest BCUT2D eigenvalue weighted by Gasteiger charge is 2.30. The number of fused-ring (bicyclic) bond motifs is 1. The minimum atomic E-state index is -1.47. The van der Waals surface area contributed by atoms with E-state index in [1.165, 1.54) is 18.2 Å². The Balaban J connectivity index is 2.55. The van der Waals surface area contributed by atoms with Crippen molar-refractivity contribution in [2.45, 2.75) is 0 Å². The molecule has 1 aliphatic heterocycles. The highest BCUT2D eigenvalue weighted by atomic mass is 35.5. The fourth-order valence-corrected chi connectivity index (χ4v) is 1.68. The second-order valence-corrected chi connectivity index (χ2v) is 3.85. The van der Waals surface area contributed by atoms with Crippen molar-refractivity contribution in [1.82, 2.24) is 4.90 Å². The largest absolute Gasteiger partial charge is 0.465 e. The average molecular weight is 255 g/mol. The van der Waals surface area contributed by atoms with Crippen molar-refractivity contribution in [3.63, 3.8) is 0 Å². The van der Waals surface area contributed by atoms with Crippen LogP contribution in [0.25, 0.3) is 0 Å². The molecule has 3 amide bonds. The molecule has 88 valence electrons. The van der Waals surface area contributed by atoms with Crippen molar-refractivity contribution in [1.29, 1.82) is 0 Å². The van der Waals surface area contributed by atoms with Gasteiger partial charge < -0.3 is 10.4 Å². The van der Waals surface area contributed by atoms with Crippen molar-refractivity contribution in [3.8, 4) is 0 Å². The van der Waals surface area contributed by atoms with Crippen molar-refractivity contribution in [2.75, 3.05) is 11.9 Å². The molecule has 1 aliphatic rings. The molecule has 0 aromatic heterocycles. The Kier molecular flexibility index (Phi) is 2.72. The van der Waals surface area contributed by atoms with Crippen molar-refractivity contribution in [2.24, 2.45) is 0 Å². The van der Waals surface area contributed by atoms with Gasteiger partial charge in [-0.15, -0.1) is 0 Å². The lowest BCUT2D eigenvalue weighted by Crippen LogP contribution is -2.38. The summed E-state index contributed by atoms with van der Waals surface area (Å²) >= 11 is 5.73. The molecule has 0 fully saturated rings. The van der Waals surface area contributed by atoms with E-state index in [0.717, 1.165) is 0 Å². The topological polar surface area (TPSA) is 86.7 Å². The molecule has 0 bridgehead atoms. The van der Waals surface area contributed by atoms with Crippen molar-refractivity contribution in [3.05, 3.63) is 28.8 Å². The van der Waals surface area contributed by atoms with Crippen LogP contribution in [0, 0.1) is 0 Å². The van der Waals surface area contributed by atoms with E-state index in [0.29, 0.717) is 9.92 Å². The number of nitrogens with one attached hydrogen (secondary N) is 1. The molecule has 6 nitrogen and oxygen atoms in total. The van der Waals surface area contributed by atoms with Gasteiger partial charge in [-0.25, -0.2) is 9.69 Å². The first-order valence-electron chi connectivity index (χ1n) is 4.63. The Morgan fingerprint density at radius 1 is 1.41 bits per heavy atom. The zero-order valence-electron chi connectivity index (χ0n) is 8.44. The zero-order valence-corrected chi connectivity index (χ0v) is 9.19. The van der Waals surface area contributed by atoms with E-state index < -0.39 is 24.5 Å². The van der Waals surface area contributed by atoms with E-state index in [4.69, 9.17) is 16.7 Å². The zero-order chi connectivity index (χ0) is 12.6. The van der Waals surface area contributed by atoms with Gasteiger partial charge in [0.15, 0.2) is 0 Å². The summed E-state index contributed by atoms with van der Waals surface area (Å²) in [6.07, 6.45) is -1.47. The van der Waals surface area contributed by atoms with Gasteiger partial charge in [-0.2, -0.15) is 0 Å². The Morgan fingerprint density at radius 2 is 2.12 bits per heavy atom. The van der Waals surface area contributed by atoms with Gasteiger partial charge in [0.2, 0.25) is 5.91 Å². The predicted molar refractivity (Wildman–Crippen MR) is 59.1 cm³/mol. The summed E-state index contributed by atoms with van der Waals surface area (Å²) in [5, 5.41) is 11.6. The second kappa shape index (κ2) is 4.06. The number of nitrogens with zero attached hydrogens (tertiary/aromatic N) is 1. The molecule has 0 spiro atoms. The maximum Gasteiger partial charge on any atom is 0.414 e. The van der Waals surface area contributed by atoms with Gasteiger partial charge in [0.1, 0.15) is 6.54 Å². The molecular weight excluding hydrogens is 248 g/mol. The molecule has 0 saturated carbocycles. The molecule has 17 heavy (non-hydrogen) atoms. The number of amides is 3. The molecule has 1 heterocycles. The number of anilines is 1. The quantitative estimate of drug-likeness (QED) is 0.733. The molecular formula is C10H7ClN2O4. The third-order valence-corrected chi connectivity index (χ3v) is 2.50. The van der Waals surface area contributed by atoms with Crippen LogP contribution in [0.4, 0.5) is 10.5 Å². The summed E-state index contributed by atoms with van der Waals surface area (Å²) in [5.74, 6) is -1.34. The van der Waals surface area contributed by atoms with E-state index in [1.807, 2.05) is 0 Å². The van der Waals surface area contributed by atoms with E-state index in [9.17, 15) is 14.4 Å². The third kappa shape index (κ3) is 2.07. The molecule has 0 saturated heterocycles. The van der Waals surface area contributed by atoms with Crippen LogP contribution >= 0.6 is 11.6 Å². The van der Waals surface area contributed by atoms with Crippen LogP contribution in [0.2, 0.25) is 5.02 Å². The first kappa shape index (κ1) is 11.4. The molecule has 2 rings (SSSR count). The summed E-state index contributed by atoms with van der Waals surface area (Å²) in [7, 11) is 0. The monoisotopic (exact) mass is 254 g/mol. The van der Waals surface area contributed by atoms with E-state index >= 15 is 0 Å². The molecule has 0 aliphatic carbocycles. The molecule has 0 atom stereocenters. The average Bonchev–Trinajstić information content (AvgIpc) is 2.38. The van der Waals surface area contributed by atoms with Gasteiger partial charge >= 0.3 is 6.09 Å². The number of benzene rings is 1. The number of carboxylic acid groups (broad SMARTS) is 1. The standard InChI is InChI=1S/C10H7ClN2O4/c11-5-1-2-7-6(3-5)9(15)13(10(16)17)4-8(14)12-7/h1-3H,4H2,(H,12,14)(H,16,17). The number of carbonyl (C=O) groups is 3. The summed E-state index contributed by atoms with van der Waals surface area (Å²) < 4.78 is 0. The maximum atomic E-state index is 11.9. The van der Waals surface area contributed by atoms with Gasteiger partial charge in [-0.05, 0) is 18.2 Å². The minimum absolute atomic E-state index is 0.0609. The molecule has 2 N–H and O–H groups in total. The Hall–Kier alpha value is -2.08. The number of rotatable bonds is 0. The molecule has 1 aromatic rings. The lowest BCUT2D eigenvalue weighted by atomic mass is 10.1. The highest BCUT2D eigenvalue weighted by Crippen LogP contribution is 2.24. The van der Waals surface area contributed by atoms with Gasteiger partial charge in [0.05, 0.1) is 11.3 Å². The van der Waals surface area contributed by atoms with Crippen LogP contribution in [-0.4, -0.2) is 34.5 Å². The first-order valence-corrected chi connectivity index (χ1v) is 5.01. The Morgan fingerprint density at radius 3 is 2.76 bits per heavy atom. The number of hydrogen-bond donors (Lipinski definition) is 2.